The Labute approximate surface area is 148 Å². The van der Waals surface area contributed by atoms with Crippen molar-refractivity contribution in [3.8, 4) is 0 Å². The number of hydrogen-bond donors (Lipinski definition) is 1. The molecular weight excluding hydrogens is 338 g/mol. The van der Waals surface area contributed by atoms with Crippen LogP contribution in [0.5, 0.6) is 0 Å². The lowest BCUT2D eigenvalue weighted by molar-refractivity contribution is 0.0562. The second-order valence-corrected chi connectivity index (χ2v) is 8.29. The summed E-state index contributed by atoms with van der Waals surface area (Å²) in [6.07, 6.45) is -0.511. The SMILES string of the molecule is O=S(=O)(Cc1ccccc1CN1CCOC[C@@H](O)C1)c1ccccc1. The number of hydrogen-bond acceptors (Lipinski definition) is 5. The van der Waals surface area contributed by atoms with Crippen LogP contribution in [-0.4, -0.2) is 50.8 Å². The fourth-order valence-electron chi connectivity index (χ4n) is 3.01. The van der Waals surface area contributed by atoms with Crippen LogP contribution in [0.25, 0.3) is 0 Å². The predicted octanol–water partition coefficient (Wildman–Crippen LogP) is 1.85. The van der Waals surface area contributed by atoms with Gasteiger partial charge in [0, 0.05) is 19.6 Å². The number of ether oxygens (including phenoxy) is 1. The van der Waals surface area contributed by atoms with Crippen molar-refractivity contribution < 1.29 is 18.3 Å². The highest BCUT2D eigenvalue weighted by atomic mass is 32.2. The van der Waals surface area contributed by atoms with Gasteiger partial charge in [-0.25, -0.2) is 8.42 Å². The Morgan fingerprint density at radius 2 is 1.72 bits per heavy atom. The molecule has 1 N–H and O–H groups in total. The lowest BCUT2D eigenvalue weighted by Gasteiger charge is -2.22. The van der Waals surface area contributed by atoms with Crippen molar-refractivity contribution in [2.75, 3.05) is 26.3 Å². The second kappa shape index (κ2) is 8.10. The Morgan fingerprint density at radius 1 is 1.04 bits per heavy atom. The molecule has 1 aliphatic rings. The van der Waals surface area contributed by atoms with Gasteiger partial charge in [-0.2, -0.15) is 0 Å². The summed E-state index contributed by atoms with van der Waals surface area (Å²) in [5.41, 5.74) is 1.77. The van der Waals surface area contributed by atoms with Gasteiger partial charge in [0.1, 0.15) is 0 Å². The molecule has 2 aromatic rings. The molecule has 0 saturated carbocycles. The van der Waals surface area contributed by atoms with E-state index in [2.05, 4.69) is 4.90 Å². The largest absolute Gasteiger partial charge is 0.389 e. The number of aliphatic hydroxyl groups is 1. The van der Waals surface area contributed by atoms with Gasteiger partial charge in [0.05, 0.1) is 30.0 Å². The molecule has 0 aromatic heterocycles. The molecular formula is C19H23NO4S. The number of β-amino-alcohol motifs (C(OH)–C–C–N with tert-alkyl or cyclic N) is 1. The third-order valence-electron chi connectivity index (χ3n) is 4.29. The van der Waals surface area contributed by atoms with E-state index in [1.54, 1.807) is 30.3 Å². The summed E-state index contributed by atoms with van der Waals surface area (Å²) in [7, 11) is -3.39. The Bertz CT molecular complexity index is 792. The molecule has 1 fully saturated rings. The van der Waals surface area contributed by atoms with Crippen LogP contribution < -0.4 is 0 Å². The molecule has 25 heavy (non-hydrogen) atoms. The lowest BCUT2D eigenvalue weighted by Crippen LogP contribution is -2.32. The van der Waals surface area contributed by atoms with Crippen LogP contribution in [0.2, 0.25) is 0 Å². The molecule has 0 unspecified atom stereocenters. The van der Waals surface area contributed by atoms with Crippen molar-refractivity contribution in [2.24, 2.45) is 0 Å². The fraction of sp³-hybridized carbons (Fsp3) is 0.368. The zero-order valence-corrected chi connectivity index (χ0v) is 14.9. The van der Waals surface area contributed by atoms with Gasteiger partial charge in [-0.3, -0.25) is 4.90 Å². The van der Waals surface area contributed by atoms with Crippen LogP contribution in [0.4, 0.5) is 0 Å². The van der Waals surface area contributed by atoms with Crippen molar-refractivity contribution >= 4 is 9.84 Å². The zero-order valence-electron chi connectivity index (χ0n) is 14.0. The first-order chi connectivity index (χ1) is 12.0. The summed E-state index contributed by atoms with van der Waals surface area (Å²) >= 11 is 0. The summed E-state index contributed by atoms with van der Waals surface area (Å²) < 4.78 is 30.7. The van der Waals surface area contributed by atoms with E-state index in [0.717, 1.165) is 17.7 Å². The molecule has 1 atom stereocenters. The number of aliphatic hydroxyl groups excluding tert-OH is 1. The molecule has 2 aromatic carbocycles. The first-order valence-electron chi connectivity index (χ1n) is 8.37. The highest BCUT2D eigenvalue weighted by Crippen LogP contribution is 2.20. The Kier molecular flexibility index (Phi) is 5.86. The van der Waals surface area contributed by atoms with Crippen molar-refractivity contribution in [1.82, 2.24) is 4.90 Å². The van der Waals surface area contributed by atoms with Crippen molar-refractivity contribution in [3.05, 3.63) is 65.7 Å². The zero-order chi connectivity index (χ0) is 17.7. The molecule has 134 valence electrons. The van der Waals surface area contributed by atoms with Gasteiger partial charge in [0.25, 0.3) is 0 Å². The summed E-state index contributed by atoms with van der Waals surface area (Å²) in [4.78, 5) is 2.44. The van der Waals surface area contributed by atoms with E-state index >= 15 is 0 Å². The number of sulfone groups is 1. The van der Waals surface area contributed by atoms with Crippen LogP contribution in [0.3, 0.4) is 0 Å². The average molecular weight is 361 g/mol. The molecule has 0 radical (unpaired) electrons. The maximum Gasteiger partial charge on any atom is 0.182 e. The van der Waals surface area contributed by atoms with Crippen LogP contribution in [0.15, 0.2) is 59.5 Å². The second-order valence-electron chi connectivity index (χ2n) is 6.30. The number of rotatable bonds is 5. The number of benzene rings is 2. The standard InChI is InChI=1S/C19H23NO4S/c21-18-13-20(10-11-24-14-18)12-16-6-4-5-7-17(16)15-25(22,23)19-8-2-1-3-9-19/h1-9,18,21H,10-15H2/t18-/m0/s1. The average Bonchev–Trinajstić information content (AvgIpc) is 2.81. The third kappa shape index (κ3) is 4.89. The minimum absolute atomic E-state index is 0.0277. The molecule has 1 saturated heterocycles. The van der Waals surface area contributed by atoms with Crippen LogP contribution in [0, 0.1) is 0 Å². The third-order valence-corrected chi connectivity index (χ3v) is 5.97. The highest BCUT2D eigenvalue weighted by molar-refractivity contribution is 7.90. The van der Waals surface area contributed by atoms with E-state index in [1.807, 2.05) is 24.3 Å². The molecule has 1 heterocycles. The molecule has 1 aliphatic heterocycles. The molecule has 0 aliphatic carbocycles. The van der Waals surface area contributed by atoms with E-state index in [9.17, 15) is 13.5 Å². The van der Waals surface area contributed by atoms with E-state index in [0.29, 0.717) is 31.2 Å². The Balaban J connectivity index is 1.79. The molecule has 0 bridgehead atoms. The van der Waals surface area contributed by atoms with Crippen molar-refractivity contribution in [2.45, 2.75) is 23.3 Å². The smallest absolute Gasteiger partial charge is 0.182 e. The predicted molar refractivity (Wildman–Crippen MR) is 95.9 cm³/mol. The van der Waals surface area contributed by atoms with E-state index in [-0.39, 0.29) is 5.75 Å². The Morgan fingerprint density at radius 3 is 2.48 bits per heavy atom. The molecule has 5 nitrogen and oxygen atoms in total. The van der Waals surface area contributed by atoms with Gasteiger partial charge in [-0.15, -0.1) is 0 Å². The minimum atomic E-state index is -3.39. The van der Waals surface area contributed by atoms with Gasteiger partial charge in [-0.05, 0) is 23.3 Å². The fourth-order valence-corrected chi connectivity index (χ4v) is 4.44. The summed E-state index contributed by atoms with van der Waals surface area (Å²) in [6.45, 7) is 2.76. The van der Waals surface area contributed by atoms with Crippen molar-refractivity contribution in [1.29, 1.82) is 0 Å². The van der Waals surface area contributed by atoms with Gasteiger partial charge in [0.15, 0.2) is 9.84 Å². The summed E-state index contributed by atoms with van der Waals surface area (Å²) in [5, 5.41) is 9.88. The lowest BCUT2D eigenvalue weighted by atomic mass is 10.1. The van der Waals surface area contributed by atoms with Gasteiger partial charge < -0.3 is 9.84 Å². The summed E-state index contributed by atoms with van der Waals surface area (Å²) in [5.74, 6) is -0.0277. The number of nitrogens with zero attached hydrogens (tertiary/aromatic N) is 1. The summed E-state index contributed by atoms with van der Waals surface area (Å²) in [6, 6.07) is 16.1. The normalized spacial score (nSPS) is 19.5. The maximum absolute atomic E-state index is 12.7. The topological polar surface area (TPSA) is 66.8 Å². The highest BCUT2D eigenvalue weighted by Gasteiger charge is 2.20. The van der Waals surface area contributed by atoms with Gasteiger partial charge in [-0.1, -0.05) is 42.5 Å². The molecule has 3 rings (SSSR count). The maximum atomic E-state index is 12.7. The first-order valence-corrected chi connectivity index (χ1v) is 10.0. The van der Waals surface area contributed by atoms with Gasteiger partial charge >= 0.3 is 0 Å². The minimum Gasteiger partial charge on any atom is -0.389 e. The van der Waals surface area contributed by atoms with E-state index in [1.165, 1.54) is 0 Å². The molecule has 6 heteroatoms. The quantitative estimate of drug-likeness (QED) is 0.880. The van der Waals surface area contributed by atoms with Crippen LogP contribution >= 0.6 is 0 Å². The van der Waals surface area contributed by atoms with Crippen LogP contribution in [-0.2, 0) is 26.9 Å². The van der Waals surface area contributed by atoms with Crippen molar-refractivity contribution in [3.63, 3.8) is 0 Å². The van der Waals surface area contributed by atoms with E-state index < -0.39 is 15.9 Å². The molecule has 0 spiro atoms. The molecule has 0 amide bonds. The van der Waals surface area contributed by atoms with Crippen LogP contribution in [0.1, 0.15) is 11.1 Å². The first kappa shape index (κ1) is 18.1. The van der Waals surface area contributed by atoms with E-state index in [4.69, 9.17) is 4.74 Å². The monoisotopic (exact) mass is 361 g/mol. The Hall–Kier alpha value is -1.73. The van der Waals surface area contributed by atoms with Gasteiger partial charge in [0.2, 0.25) is 0 Å².